The Balaban J connectivity index is 1.70. The highest BCUT2D eigenvalue weighted by Crippen LogP contribution is 2.47. The van der Waals surface area contributed by atoms with Crippen molar-refractivity contribution >= 4 is 11.6 Å². The molecule has 1 spiro atoms. The van der Waals surface area contributed by atoms with E-state index >= 15 is 0 Å². The minimum Gasteiger partial charge on any atom is -0.356 e. The van der Waals surface area contributed by atoms with E-state index in [1.807, 2.05) is 30.3 Å². The minimum absolute atomic E-state index is 0.101. The molecule has 4 heteroatoms. The lowest BCUT2D eigenvalue weighted by Gasteiger charge is -2.57. The Kier molecular flexibility index (Phi) is 4.09. The molecule has 24 heavy (non-hydrogen) atoms. The number of para-hydroxylation sites is 1. The van der Waals surface area contributed by atoms with Crippen LogP contribution in [0.4, 0.5) is 5.69 Å². The lowest BCUT2D eigenvalue weighted by atomic mass is 9.71. The van der Waals surface area contributed by atoms with Crippen molar-refractivity contribution in [3.05, 3.63) is 41.6 Å². The van der Waals surface area contributed by atoms with Gasteiger partial charge in [0.1, 0.15) is 0 Å². The van der Waals surface area contributed by atoms with Crippen LogP contribution < -0.4 is 10.6 Å². The van der Waals surface area contributed by atoms with Gasteiger partial charge in [0.25, 0.3) is 5.91 Å². The van der Waals surface area contributed by atoms with Gasteiger partial charge in [0.05, 0.1) is 5.66 Å². The number of allylic oxidation sites excluding steroid dienone is 1. The summed E-state index contributed by atoms with van der Waals surface area (Å²) in [5.41, 5.74) is 3.31. The van der Waals surface area contributed by atoms with E-state index in [1.54, 1.807) is 0 Å². The number of hydrogen-bond acceptors (Lipinski definition) is 3. The maximum absolute atomic E-state index is 13.1. The molecule has 2 N–H and O–H groups in total. The van der Waals surface area contributed by atoms with Crippen molar-refractivity contribution in [3.8, 4) is 0 Å². The predicted molar refractivity (Wildman–Crippen MR) is 96.4 cm³/mol. The number of fused-ring (bicyclic) bond motifs is 1. The first-order chi connectivity index (χ1) is 11.7. The fourth-order valence-electron chi connectivity index (χ4n) is 4.96. The zero-order valence-corrected chi connectivity index (χ0v) is 14.5. The smallest absolute Gasteiger partial charge is 0.253 e. The molecule has 1 aromatic carbocycles. The summed E-state index contributed by atoms with van der Waals surface area (Å²) in [7, 11) is 0. The molecule has 2 aliphatic heterocycles. The summed E-state index contributed by atoms with van der Waals surface area (Å²) in [6, 6.07) is 9.82. The Morgan fingerprint density at radius 1 is 1.33 bits per heavy atom. The molecule has 3 aliphatic rings. The second kappa shape index (κ2) is 6.25. The molecule has 0 radical (unpaired) electrons. The molecule has 1 amide bonds. The Morgan fingerprint density at radius 3 is 2.96 bits per heavy atom. The van der Waals surface area contributed by atoms with Crippen LogP contribution in [0.3, 0.4) is 0 Å². The van der Waals surface area contributed by atoms with E-state index in [4.69, 9.17) is 0 Å². The second-order valence-corrected chi connectivity index (χ2v) is 7.29. The maximum atomic E-state index is 13.1. The first-order valence-electron chi connectivity index (χ1n) is 9.35. The number of rotatable bonds is 3. The van der Waals surface area contributed by atoms with Gasteiger partial charge in [0.15, 0.2) is 0 Å². The molecule has 2 fully saturated rings. The third-order valence-corrected chi connectivity index (χ3v) is 5.91. The van der Waals surface area contributed by atoms with E-state index in [0.717, 1.165) is 50.0 Å². The minimum atomic E-state index is 0.101. The number of hydrogen-bond donors (Lipinski definition) is 2. The number of anilines is 1. The van der Waals surface area contributed by atoms with Crippen LogP contribution in [-0.2, 0) is 4.79 Å². The van der Waals surface area contributed by atoms with Gasteiger partial charge >= 0.3 is 0 Å². The largest absolute Gasteiger partial charge is 0.356 e. The van der Waals surface area contributed by atoms with E-state index < -0.39 is 0 Å². The summed E-state index contributed by atoms with van der Waals surface area (Å²) in [6.07, 6.45) is 6.71. The van der Waals surface area contributed by atoms with Crippen molar-refractivity contribution < 1.29 is 4.79 Å². The van der Waals surface area contributed by atoms with Crippen LogP contribution in [0.2, 0.25) is 0 Å². The van der Waals surface area contributed by atoms with Crippen molar-refractivity contribution in [3.63, 3.8) is 0 Å². The highest BCUT2D eigenvalue weighted by Gasteiger charge is 2.49. The van der Waals surface area contributed by atoms with Gasteiger partial charge in [-0.1, -0.05) is 25.1 Å². The molecule has 1 aliphatic carbocycles. The monoisotopic (exact) mass is 325 g/mol. The predicted octanol–water partition coefficient (Wildman–Crippen LogP) is 3.48. The lowest BCUT2D eigenvalue weighted by Crippen LogP contribution is -2.66. The Labute approximate surface area is 144 Å². The SMILES string of the molecule is CCC1=C(C(=O)Nc2ccccc2)[C@H]2CCC[C@@]3(C2)NCCCN13. The number of amides is 1. The molecule has 2 bridgehead atoms. The Hall–Kier alpha value is -1.81. The zero-order chi connectivity index (χ0) is 16.6. The Bertz CT molecular complexity index is 650. The van der Waals surface area contributed by atoms with E-state index in [-0.39, 0.29) is 11.6 Å². The van der Waals surface area contributed by atoms with Gasteiger partial charge in [0, 0.05) is 23.5 Å². The average Bonchev–Trinajstić information content (AvgIpc) is 2.61. The molecule has 2 atom stereocenters. The number of carbonyl (C=O) groups excluding carboxylic acids is 1. The van der Waals surface area contributed by atoms with E-state index in [2.05, 4.69) is 22.5 Å². The fourth-order valence-corrected chi connectivity index (χ4v) is 4.96. The number of carbonyl (C=O) groups is 1. The van der Waals surface area contributed by atoms with Gasteiger partial charge in [-0.3, -0.25) is 10.1 Å². The molecule has 1 aromatic rings. The van der Waals surface area contributed by atoms with E-state index in [1.165, 1.54) is 18.5 Å². The van der Waals surface area contributed by atoms with Crippen molar-refractivity contribution in [1.29, 1.82) is 0 Å². The summed E-state index contributed by atoms with van der Waals surface area (Å²) in [4.78, 5) is 15.6. The van der Waals surface area contributed by atoms with Gasteiger partial charge in [-0.05, 0) is 63.1 Å². The summed E-state index contributed by atoms with van der Waals surface area (Å²) in [5.74, 6) is 0.489. The van der Waals surface area contributed by atoms with Crippen LogP contribution in [0.15, 0.2) is 41.6 Å². The summed E-state index contributed by atoms with van der Waals surface area (Å²) in [6.45, 7) is 4.37. The number of nitrogens with one attached hydrogen (secondary N) is 2. The molecule has 1 saturated heterocycles. The number of benzene rings is 1. The summed E-state index contributed by atoms with van der Waals surface area (Å²) < 4.78 is 0. The standard InChI is InChI=1S/C20H27N3O/c1-2-17-18(19(24)22-16-9-4-3-5-10-16)15-8-6-11-20(14-15)21-12-7-13-23(17)20/h3-5,9-10,15,21H,2,6-8,11-14H2,1H3,(H,22,24)/t15-,20+/m0/s1. The van der Waals surface area contributed by atoms with Gasteiger partial charge in [-0.2, -0.15) is 0 Å². The van der Waals surface area contributed by atoms with Crippen LogP contribution in [0.1, 0.15) is 45.4 Å². The molecule has 4 nitrogen and oxygen atoms in total. The average molecular weight is 325 g/mol. The van der Waals surface area contributed by atoms with Crippen molar-refractivity contribution in [2.75, 3.05) is 18.4 Å². The molecule has 2 heterocycles. The first-order valence-corrected chi connectivity index (χ1v) is 9.35. The lowest BCUT2D eigenvalue weighted by molar-refractivity contribution is -0.115. The topological polar surface area (TPSA) is 44.4 Å². The van der Waals surface area contributed by atoms with Gasteiger partial charge in [-0.25, -0.2) is 0 Å². The van der Waals surface area contributed by atoms with E-state index in [0.29, 0.717) is 5.92 Å². The van der Waals surface area contributed by atoms with Gasteiger partial charge in [-0.15, -0.1) is 0 Å². The number of nitrogens with zero attached hydrogens (tertiary/aromatic N) is 1. The van der Waals surface area contributed by atoms with Crippen molar-refractivity contribution in [2.24, 2.45) is 5.92 Å². The molecule has 128 valence electrons. The maximum Gasteiger partial charge on any atom is 0.253 e. The normalized spacial score (nSPS) is 29.2. The highest BCUT2D eigenvalue weighted by atomic mass is 16.1. The Morgan fingerprint density at radius 2 is 2.17 bits per heavy atom. The molecular weight excluding hydrogens is 298 g/mol. The van der Waals surface area contributed by atoms with Gasteiger partial charge in [0.2, 0.25) is 0 Å². The zero-order valence-electron chi connectivity index (χ0n) is 14.5. The molecule has 1 saturated carbocycles. The molecule has 0 aromatic heterocycles. The third-order valence-electron chi connectivity index (χ3n) is 5.91. The molecule has 0 unspecified atom stereocenters. The molecule has 4 rings (SSSR count). The van der Waals surface area contributed by atoms with Crippen molar-refractivity contribution in [1.82, 2.24) is 10.2 Å². The molecular formula is C20H27N3O. The van der Waals surface area contributed by atoms with Crippen LogP contribution in [0, 0.1) is 5.92 Å². The van der Waals surface area contributed by atoms with Crippen LogP contribution in [0.25, 0.3) is 0 Å². The summed E-state index contributed by atoms with van der Waals surface area (Å²) in [5, 5.41) is 6.93. The first kappa shape index (κ1) is 15.7. The van der Waals surface area contributed by atoms with Gasteiger partial charge < -0.3 is 10.2 Å². The van der Waals surface area contributed by atoms with E-state index in [9.17, 15) is 4.79 Å². The second-order valence-electron chi connectivity index (χ2n) is 7.29. The third kappa shape index (κ3) is 2.53. The van der Waals surface area contributed by atoms with Crippen LogP contribution in [0.5, 0.6) is 0 Å². The fraction of sp³-hybridized carbons (Fsp3) is 0.550. The summed E-state index contributed by atoms with van der Waals surface area (Å²) >= 11 is 0. The van der Waals surface area contributed by atoms with Crippen LogP contribution in [-0.4, -0.2) is 29.6 Å². The highest BCUT2D eigenvalue weighted by molar-refractivity contribution is 6.04. The quantitative estimate of drug-likeness (QED) is 0.894. The van der Waals surface area contributed by atoms with Crippen LogP contribution >= 0.6 is 0 Å². The van der Waals surface area contributed by atoms with Crippen molar-refractivity contribution in [2.45, 2.75) is 51.1 Å².